The molecule has 4 rings (SSSR count). The molecule has 2 aromatic rings. The molecule has 0 radical (unpaired) electrons. The van der Waals surface area contributed by atoms with E-state index in [2.05, 4.69) is 0 Å². The highest BCUT2D eigenvalue weighted by atomic mass is 32.2. The molecule has 25 heavy (non-hydrogen) atoms. The summed E-state index contributed by atoms with van der Waals surface area (Å²) in [7, 11) is -3.38. The second-order valence-corrected chi connectivity index (χ2v) is 8.55. The maximum atomic E-state index is 13.0. The van der Waals surface area contributed by atoms with E-state index in [1.54, 1.807) is 4.31 Å². The highest BCUT2D eigenvalue weighted by Gasteiger charge is 2.35. The summed E-state index contributed by atoms with van der Waals surface area (Å²) in [5.41, 5.74) is 2.87. The van der Waals surface area contributed by atoms with Crippen molar-refractivity contribution in [3.63, 3.8) is 0 Å². The molecule has 1 unspecified atom stereocenters. The minimum absolute atomic E-state index is 0.0374. The summed E-state index contributed by atoms with van der Waals surface area (Å²) in [5, 5.41) is 0. The van der Waals surface area contributed by atoms with Gasteiger partial charge in [0.2, 0.25) is 16.8 Å². The molecule has 132 valence electrons. The second-order valence-electron chi connectivity index (χ2n) is 6.63. The first kappa shape index (κ1) is 16.4. The Labute approximate surface area is 148 Å². The van der Waals surface area contributed by atoms with Crippen molar-refractivity contribution in [2.24, 2.45) is 0 Å². The molecule has 2 aromatic carbocycles. The van der Waals surface area contributed by atoms with E-state index in [1.807, 2.05) is 49.4 Å². The van der Waals surface area contributed by atoms with Crippen LogP contribution in [0, 0.1) is 6.92 Å². The third kappa shape index (κ3) is 3.24. The van der Waals surface area contributed by atoms with Gasteiger partial charge >= 0.3 is 0 Å². The van der Waals surface area contributed by atoms with E-state index in [0.29, 0.717) is 12.3 Å². The van der Waals surface area contributed by atoms with Crippen molar-refractivity contribution in [1.82, 2.24) is 4.31 Å². The van der Waals surface area contributed by atoms with E-state index in [1.165, 1.54) is 0 Å². The number of nitrogens with zero attached hydrogens (tertiary/aromatic N) is 1. The van der Waals surface area contributed by atoms with Gasteiger partial charge in [0.25, 0.3) is 0 Å². The molecule has 0 aliphatic carbocycles. The lowest BCUT2D eigenvalue weighted by Gasteiger charge is -2.24. The third-order valence-corrected chi connectivity index (χ3v) is 6.62. The van der Waals surface area contributed by atoms with E-state index in [4.69, 9.17) is 9.47 Å². The van der Waals surface area contributed by atoms with Crippen molar-refractivity contribution in [3.05, 3.63) is 59.2 Å². The summed E-state index contributed by atoms with van der Waals surface area (Å²) in [6, 6.07) is 13.3. The number of fused-ring (bicyclic) bond motifs is 1. The summed E-state index contributed by atoms with van der Waals surface area (Å²) in [4.78, 5) is 0. The van der Waals surface area contributed by atoms with Crippen molar-refractivity contribution in [2.75, 3.05) is 13.3 Å². The molecule has 5 nitrogen and oxygen atoms in total. The van der Waals surface area contributed by atoms with Crippen LogP contribution >= 0.6 is 0 Å². The van der Waals surface area contributed by atoms with Crippen LogP contribution in [0.5, 0.6) is 11.5 Å². The Bertz CT molecular complexity index is 894. The van der Waals surface area contributed by atoms with Crippen LogP contribution in [-0.2, 0) is 15.8 Å². The molecule has 1 fully saturated rings. The molecule has 2 heterocycles. The minimum atomic E-state index is -3.38. The lowest BCUT2D eigenvalue weighted by molar-refractivity contribution is 0.174. The zero-order chi connectivity index (χ0) is 17.4. The maximum absolute atomic E-state index is 13.0. The van der Waals surface area contributed by atoms with Crippen LogP contribution in [0.15, 0.2) is 42.5 Å². The van der Waals surface area contributed by atoms with Gasteiger partial charge in [-0.1, -0.05) is 35.9 Å². The van der Waals surface area contributed by atoms with E-state index >= 15 is 0 Å². The Morgan fingerprint density at radius 1 is 1.12 bits per heavy atom. The summed E-state index contributed by atoms with van der Waals surface area (Å²) in [6.45, 7) is 2.76. The maximum Gasteiger partial charge on any atom is 0.231 e. The van der Waals surface area contributed by atoms with E-state index in [-0.39, 0.29) is 18.6 Å². The number of aryl methyl sites for hydroxylation is 1. The smallest absolute Gasteiger partial charge is 0.231 e. The van der Waals surface area contributed by atoms with Gasteiger partial charge in [-0.15, -0.1) is 0 Å². The predicted molar refractivity (Wildman–Crippen MR) is 95.0 cm³/mol. The Morgan fingerprint density at radius 2 is 1.96 bits per heavy atom. The van der Waals surface area contributed by atoms with Gasteiger partial charge in [-0.25, -0.2) is 8.42 Å². The molecular weight excluding hydrogens is 338 g/mol. The monoisotopic (exact) mass is 359 g/mol. The van der Waals surface area contributed by atoms with E-state index < -0.39 is 10.0 Å². The number of benzene rings is 2. The molecule has 0 spiro atoms. The zero-order valence-electron chi connectivity index (χ0n) is 14.1. The number of sulfonamides is 1. The number of rotatable bonds is 4. The minimum Gasteiger partial charge on any atom is -0.454 e. The predicted octanol–water partition coefficient (Wildman–Crippen LogP) is 3.39. The van der Waals surface area contributed by atoms with E-state index in [0.717, 1.165) is 35.3 Å². The summed E-state index contributed by atoms with van der Waals surface area (Å²) in [6.07, 6.45) is 1.69. The zero-order valence-corrected chi connectivity index (χ0v) is 15.0. The van der Waals surface area contributed by atoms with Gasteiger partial charge in [0.05, 0.1) is 5.75 Å². The number of hydrogen-bond donors (Lipinski definition) is 0. The molecule has 2 aliphatic rings. The molecule has 0 amide bonds. The van der Waals surface area contributed by atoms with Crippen molar-refractivity contribution in [3.8, 4) is 11.5 Å². The summed E-state index contributed by atoms with van der Waals surface area (Å²) in [5.74, 6) is 1.45. The molecule has 1 atom stereocenters. The lowest BCUT2D eigenvalue weighted by Crippen LogP contribution is -2.31. The molecule has 0 bridgehead atoms. The van der Waals surface area contributed by atoms with Crippen LogP contribution in [0.1, 0.15) is 35.6 Å². The van der Waals surface area contributed by atoms with E-state index in [9.17, 15) is 8.42 Å². The SMILES string of the molecule is Cc1cccc(CS(=O)(=O)N2CCCC2c2ccc3c(c2)OCO3)c1. The number of ether oxygens (including phenoxy) is 2. The largest absolute Gasteiger partial charge is 0.454 e. The van der Waals surface area contributed by atoms with Gasteiger partial charge in [0.15, 0.2) is 11.5 Å². The Hall–Kier alpha value is -2.05. The van der Waals surface area contributed by atoms with Gasteiger partial charge < -0.3 is 9.47 Å². The highest BCUT2D eigenvalue weighted by molar-refractivity contribution is 7.88. The summed E-state index contributed by atoms with van der Waals surface area (Å²) >= 11 is 0. The van der Waals surface area contributed by atoms with Crippen LogP contribution in [0.25, 0.3) is 0 Å². The van der Waals surface area contributed by atoms with Gasteiger partial charge in [0, 0.05) is 12.6 Å². The third-order valence-electron chi connectivity index (χ3n) is 4.77. The Balaban J connectivity index is 1.60. The molecule has 1 saturated heterocycles. The van der Waals surface area contributed by atoms with Crippen molar-refractivity contribution < 1.29 is 17.9 Å². The fraction of sp³-hybridized carbons (Fsp3) is 0.368. The molecule has 6 heteroatoms. The normalized spacial score (nSPS) is 20.1. The van der Waals surface area contributed by atoms with Crippen molar-refractivity contribution in [1.29, 1.82) is 0 Å². The van der Waals surface area contributed by atoms with Crippen LogP contribution in [-0.4, -0.2) is 26.1 Å². The molecule has 2 aliphatic heterocycles. The molecule has 0 aromatic heterocycles. The van der Waals surface area contributed by atoms with Gasteiger partial charge in [0.1, 0.15) is 0 Å². The van der Waals surface area contributed by atoms with Crippen molar-refractivity contribution >= 4 is 10.0 Å². The highest BCUT2D eigenvalue weighted by Crippen LogP contribution is 2.40. The topological polar surface area (TPSA) is 55.8 Å². The first-order valence-corrected chi connectivity index (χ1v) is 10.1. The fourth-order valence-corrected chi connectivity index (χ4v) is 5.41. The van der Waals surface area contributed by atoms with Gasteiger partial charge in [-0.2, -0.15) is 4.31 Å². The van der Waals surface area contributed by atoms with Crippen LogP contribution in [0.3, 0.4) is 0 Å². The van der Waals surface area contributed by atoms with Gasteiger partial charge in [-0.05, 0) is 43.0 Å². The average Bonchev–Trinajstić information content (AvgIpc) is 3.23. The first-order chi connectivity index (χ1) is 12.0. The van der Waals surface area contributed by atoms with Crippen LogP contribution in [0.4, 0.5) is 0 Å². The van der Waals surface area contributed by atoms with Crippen molar-refractivity contribution in [2.45, 2.75) is 31.6 Å². The van der Waals surface area contributed by atoms with Crippen LogP contribution < -0.4 is 9.47 Å². The lowest BCUT2D eigenvalue weighted by atomic mass is 10.0. The standard InChI is InChI=1S/C19H21NO4S/c1-14-4-2-5-15(10-14)12-25(21,22)20-9-3-6-17(20)16-7-8-18-19(11-16)24-13-23-18/h2,4-5,7-8,10-11,17H,3,6,9,12-13H2,1H3. The number of hydrogen-bond acceptors (Lipinski definition) is 4. The quantitative estimate of drug-likeness (QED) is 0.840. The first-order valence-electron chi connectivity index (χ1n) is 8.47. The average molecular weight is 359 g/mol. The Morgan fingerprint density at radius 3 is 2.80 bits per heavy atom. The molecular formula is C19H21NO4S. The summed E-state index contributed by atoms with van der Waals surface area (Å²) < 4.78 is 38.4. The van der Waals surface area contributed by atoms with Gasteiger partial charge in [-0.3, -0.25) is 0 Å². The molecule has 0 N–H and O–H groups in total. The Kier molecular flexibility index (Phi) is 4.17. The fourth-order valence-electron chi connectivity index (χ4n) is 3.62. The second kappa shape index (κ2) is 6.35. The molecule has 0 saturated carbocycles. The van der Waals surface area contributed by atoms with Crippen LogP contribution in [0.2, 0.25) is 0 Å².